The summed E-state index contributed by atoms with van der Waals surface area (Å²) in [6.45, 7) is 19.2. The zero-order valence-electron chi connectivity index (χ0n) is 25.5. The van der Waals surface area contributed by atoms with Gasteiger partial charge in [0.1, 0.15) is 0 Å². The van der Waals surface area contributed by atoms with Crippen LogP contribution in [0.1, 0.15) is 158 Å². The zero-order valence-corrected chi connectivity index (χ0v) is 25.5. The Bertz CT molecular complexity index is 505. The fourth-order valence-corrected chi connectivity index (χ4v) is 5.14. The van der Waals surface area contributed by atoms with Crippen molar-refractivity contribution in [2.24, 2.45) is 22.7 Å². The molecule has 4 heteroatoms. The van der Waals surface area contributed by atoms with E-state index in [9.17, 15) is 9.59 Å². The first-order valence-electron chi connectivity index (χ1n) is 15.1. The summed E-state index contributed by atoms with van der Waals surface area (Å²) in [7, 11) is 0. The second-order valence-electron chi connectivity index (χ2n) is 13.8. The summed E-state index contributed by atoms with van der Waals surface area (Å²) in [5, 5.41) is 0. The van der Waals surface area contributed by atoms with E-state index in [0.29, 0.717) is 48.7 Å². The van der Waals surface area contributed by atoms with Gasteiger partial charge in [-0.2, -0.15) is 0 Å². The van der Waals surface area contributed by atoms with Crippen LogP contribution in [0.15, 0.2) is 0 Å². The summed E-state index contributed by atoms with van der Waals surface area (Å²) in [4.78, 5) is 23.8. The molecule has 0 spiro atoms. The molecular formula is C32H62O4. The van der Waals surface area contributed by atoms with E-state index in [-0.39, 0.29) is 11.9 Å². The third-order valence-corrected chi connectivity index (χ3v) is 6.68. The van der Waals surface area contributed by atoms with Gasteiger partial charge in [0.2, 0.25) is 0 Å². The Morgan fingerprint density at radius 3 is 1.08 bits per heavy atom. The largest absolute Gasteiger partial charge is 0.466 e. The lowest BCUT2D eigenvalue weighted by molar-refractivity contribution is -0.145. The molecule has 0 fully saturated rings. The maximum Gasteiger partial charge on any atom is 0.305 e. The molecule has 36 heavy (non-hydrogen) atoms. The number of hydrogen-bond donors (Lipinski definition) is 0. The van der Waals surface area contributed by atoms with Crippen LogP contribution < -0.4 is 0 Å². The van der Waals surface area contributed by atoms with Gasteiger partial charge in [-0.3, -0.25) is 9.59 Å². The predicted molar refractivity (Wildman–Crippen MR) is 153 cm³/mol. The number of ether oxygens (including phenoxy) is 2. The van der Waals surface area contributed by atoms with Gasteiger partial charge in [-0.1, -0.05) is 107 Å². The Hall–Kier alpha value is -1.06. The Morgan fingerprint density at radius 2 is 0.806 bits per heavy atom. The summed E-state index contributed by atoms with van der Waals surface area (Å²) >= 11 is 0. The molecule has 0 aliphatic carbocycles. The van der Waals surface area contributed by atoms with Crippen molar-refractivity contribution in [3.05, 3.63) is 0 Å². The highest BCUT2D eigenvalue weighted by molar-refractivity contribution is 5.69. The van der Waals surface area contributed by atoms with Gasteiger partial charge in [0.25, 0.3) is 0 Å². The number of carbonyl (C=O) groups excluding carboxylic acids is 2. The summed E-state index contributed by atoms with van der Waals surface area (Å²) in [6.07, 6.45) is 16.9. The fraction of sp³-hybridized carbons (Fsp3) is 0.938. The minimum Gasteiger partial charge on any atom is -0.466 e. The van der Waals surface area contributed by atoms with Gasteiger partial charge in [-0.25, -0.2) is 0 Å². The van der Waals surface area contributed by atoms with Crippen molar-refractivity contribution in [3.63, 3.8) is 0 Å². The SMILES string of the molecule is CC(CCOC(=O)CCCCCCCCCCCCC(=O)OCCC(C)CC(C)(C)C)CC(C)(C)C. The van der Waals surface area contributed by atoms with E-state index in [1.165, 1.54) is 38.5 Å². The van der Waals surface area contributed by atoms with E-state index in [1.807, 2.05) is 0 Å². The van der Waals surface area contributed by atoms with Gasteiger partial charge in [0.15, 0.2) is 0 Å². The smallest absolute Gasteiger partial charge is 0.305 e. The molecule has 0 N–H and O–H groups in total. The van der Waals surface area contributed by atoms with Gasteiger partial charge in [0, 0.05) is 12.8 Å². The molecular weight excluding hydrogens is 448 g/mol. The van der Waals surface area contributed by atoms with Crippen LogP contribution in [0.2, 0.25) is 0 Å². The van der Waals surface area contributed by atoms with Crippen LogP contribution in [-0.2, 0) is 19.1 Å². The molecule has 4 nitrogen and oxygen atoms in total. The first-order chi connectivity index (χ1) is 16.8. The van der Waals surface area contributed by atoms with Crippen molar-refractivity contribution in [1.29, 1.82) is 0 Å². The molecule has 0 rings (SSSR count). The summed E-state index contributed by atoms with van der Waals surface area (Å²) in [6, 6.07) is 0. The third-order valence-electron chi connectivity index (χ3n) is 6.68. The standard InChI is InChI=1S/C32H62O4/c1-27(25-31(3,4)5)21-23-35-29(33)19-17-15-13-11-9-10-12-14-16-18-20-30(34)36-24-22-28(2)26-32(6,7)8/h27-28H,9-26H2,1-8H3. The van der Waals surface area contributed by atoms with Crippen molar-refractivity contribution in [2.45, 2.75) is 158 Å². The molecule has 0 aromatic rings. The molecule has 214 valence electrons. The van der Waals surface area contributed by atoms with E-state index >= 15 is 0 Å². The fourth-order valence-electron chi connectivity index (χ4n) is 5.14. The van der Waals surface area contributed by atoms with E-state index in [4.69, 9.17) is 9.47 Å². The van der Waals surface area contributed by atoms with E-state index in [0.717, 1.165) is 51.4 Å². The van der Waals surface area contributed by atoms with Gasteiger partial charge in [0.05, 0.1) is 13.2 Å². The number of unbranched alkanes of at least 4 members (excludes halogenated alkanes) is 9. The van der Waals surface area contributed by atoms with Crippen LogP contribution in [0, 0.1) is 22.7 Å². The van der Waals surface area contributed by atoms with Crippen molar-refractivity contribution in [1.82, 2.24) is 0 Å². The van der Waals surface area contributed by atoms with Crippen LogP contribution in [0.3, 0.4) is 0 Å². The zero-order chi connectivity index (χ0) is 27.5. The second-order valence-corrected chi connectivity index (χ2v) is 13.8. The maximum atomic E-state index is 11.9. The topological polar surface area (TPSA) is 52.6 Å². The molecule has 0 bridgehead atoms. The van der Waals surface area contributed by atoms with Crippen molar-refractivity contribution in [2.75, 3.05) is 13.2 Å². The highest BCUT2D eigenvalue weighted by Gasteiger charge is 2.16. The van der Waals surface area contributed by atoms with Crippen LogP contribution in [-0.4, -0.2) is 25.2 Å². The van der Waals surface area contributed by atoms with Crippen molar-refractivity contribution in [3.8, 4) is 0 Å². The van der Waals surface area contributed by atoms with Gasteiger partial charge < -0.3 is 9.47 Å². The minimum absolute atomic E-state index is 0.0306. The second kappa shape index (κ2) is 20.0. The minimum atomic E-state index is -0.0306. The normalized spacial score (nSPS) is 13.9. The first kappa shape index (κ1) is 34.9. The van der Waals surface area contributed by atoms with Gasteiger partial charge in [-0.15, -0.1) is 0 Å². The third kappa shape index (κ3) is 26.0. The van der Waals surface area contributed by atoms with E-state index in [2.05, 4.69) is 55.4 Å². The van der Waals surface area contributed by atoms with E-state index < -0.39 is 0 Å². The van der Waals surface area contributed by atoms with E-state index in [1.54, 1.807) is 0 Å². The van der Waals surface area contributed by atoms with Gasteiger partial charge >= 0.3 is 11.9 Å². The quantitative estimate of drug-likeness (QED) is 0.114. The Balaban J connectivity index is 3.43. The molecule has 0 aliphatic rings. The van der Waals surface area contributed by atoms with Crippen LogP contribution in [0.5, 0.6) is 0 Å². The molecule has 0 saturated carbocycles. The number of carbonyl (C=O) groups is 2. The number of rotatable bonds is 21. The average molecular weight is 511 g/mol. The van der Waals surface area contributed by atoms with Crippen LogP contribution >= 0.6 is 0 Å². The average Bonchev–Trinajstić information content (AvgIpc) is 2.71. The van der Waals surface area contributed by atoms with Crippen molar-refractivity contribution >= 4 is 11.9 Å². The molecule has 2 unspecified atom stereocenters. The summed E-state index contributed by atoms with van der Waals surface area (Å²) < 4.78 is 10.8. The predicted octanol–water partition coefficient (Wildman–Crippen LogP) is 9.68. The highest BCUT2D eigenvalue weighted by Crippen LogP contribution is 2.26. The monoisotopic (exact) mass is 510 g/mol. The maximum absolute atomic E-state index is 11.9. The molecule has 0 heterocycles. The van der Waals surface area contributed by atoms with Gasteiger partial charge in [-0.05, 0) is 61.2 Å². The summed E-state index contributed by atoms with van der Waals surface area (Å²) in [5.41, 5.74) is 0.674. The molecule has 0 aromatic heterocycles. The highest BCUT2D eigenvalue weighted by atomic mass is 16.5. The molecule has 0 radical (unpaired) electrons. The molecule has 2 atom stereocenters. The number of hydrogen-bond acceptors (Lipinski definition) is 4. The summed E-state index contributed by atoms with van der Waals surface area (Å²) in [5.74, 6) is 1.13. The molecule has 0 saturated heterocycles. The number of esters is 2. The Labute approximate surface area is 225 Å². The lowest BCUT2D eigenvalue weighted by atomic mass is 9.84. The first-order valence-corrected chi connectivity index (χ1v) is 15.1. The lowest BCUT2D eigenvalue weighted by Gasteiger charge is -2.23. The van der Waals surface area contributed by atoms with Crippen LogP contribution in [0.4, 0.5) is 0 Å². The Morgan fingerprint density at radius 1 is 0.528 bits per heavy atom. The molecule has 0 amide bonds. The van der Waals surface area contributed by atoms with Crippen LogP contribution in [0.25, 0.3) is 0 Å². The Kier molecular flexibility index (Phi) is 19.4. The molecule has 0 aliphatic heterocycles. The van der Waals surface area contributed by atoms with Crippen molar-refractivity contribution < 1.29 is 19.1 Å². The molecule has 0 aromatic carbocycles. The lowest BCUT2D eigenvalue weighted by Crippen LogP contribution is -2.14.